The van der Waals surface area contributed by atoms with Gasteiger partial charge in [-0.3, -0.25) is 0 Å². The maximum absolute atomic E-state index is 12.5. The van der Waals surface area contributed by atoms with Crippen molar-refractivity contribution in [3.8, 4) is 11.6 Å². The lowest BCUT2D eigenvalue weighted by Gasteiger charge is -2.28. The Morgan fingerprint density at radius 1 is 1.38 bits per heavy atom. The molecule has 0 bridgehead atoms. The predicted molar refractivity (Wildman–Crippen MR) is 107 cm³/mol. The molecule has 9 nitrogen and oxygen atoms in total. The minimum Gasteiger partial charge on any atom is -0.461 e. The summed E-state index contributed by atoms with van der Waals surface area (Å²) in [5.41, 5.74) is 6.91. The Kier molecular flexibility index (Phi) is 4.89. The van der Waals surface area contributed by atoms with Gasteiger partial charge in [0, 0.05) is 12.6 Å². The van der Waals surface area contributed by atoms with E-state index in [0.29, 0.717) is 29.5 Å². The fourth-order valence-electron chi connectivity index (χ4n) is 3.60. The lowest BCUT2D eigenvalue weighted by molar-refractivity contribution is 0.0220. The molecule has 1 amide bonds. The van der Waals surface area contributed by atoms with Gasteiger partial charge < -0.3 is 19.8 Å². The number of furan rings is 1. The lowest BCUT2D eigenvalue weighted by atomic mass is 10.1. The molecule has 9 heteroatoms. The summed E-state index contributed by atoms with van der Waals surface area (Å²) >= 11 is 0. The van der Waals surface area contributed by atoms with Crippen molar-refractivity contribution in [3.05, 3.63) is 30.3 Å². The van der Waals surface area contributed by atoms with Gasteiger partial charge in [-0.25, -0.2) is 19.3 Å². The number of aromatic nitrogens is 4. The molecule has 1 atom stereocenters. The van der Waals surface area contributed by atoms with Crippen LogP contribution in [-0.2, 0) is 11.2 Å². The number of hydrogen-bond acceptors (Lipinski definition) is 7. The molecule has 154 valence electrons. The zero-order valence-corrected chi connectivity index (χ0v) is 17.0. The second kappa shape index (κ2) is 7.38. The molecule has 1 saturated heterocycles. The molecule has 0 aliphatic carbocycles. The Hall–Kier alpha value is -3.10. The average molecular weight is 398 g/mol. The van der Waals surface area contributed by atoms with Gasteiger partial charge in [-0.2, -0.15) is 0 Å². The number of amides is 1. The summed E-state index contributed by atoms with van der Waals surface area (Å²) in [4.78, 5) is 23.2. The van der Waals surface area contributed by atoms with E-state index in [1.807, 2.05) is 31.9 Å². The molecule has 4 heterocycles. The number of rotatable bonds is 4. The SMILES string of the molecule is CC(C)(C)OC(=O)N1CCC[C@H]1CCc1cn2nc(-c3ccco3)nc2c(N)n1. The van der Waals surface area contributed by atoms with Crippen molar-refractivity contribution in [2.24, 2.45) is 0 Å². The number of hydrogen-bond donors (Lipinski definition) is 1. The first-order valence-corrected chi connectivity index (χ1v) is 9.85. The van der Waals surface area contributed by atoms with Crippen LogP contribution in [0.15, 0.2) is 29.0 Å². The highest BCUT2D eigenvalue weighted by Gasteiger charge is 2.32. The number of nitrogens with zero attached hydrogens (tertiary/aromatic N) is 5. The van der Waals surface area contributed by atoms with Gasteiger partial charge in [0.2, 0.25) is 5.82 Å². The zero-order chi connectivity index (χ0) is 20.6. The van der Waals surface area contributed by atoms with Gasteiger partial charge in [0.15, 0.2) is 17.2 Å². The van der Waals surface area contributed by atoms with Crippen LogP contribution in [0.25, 0.3) is 17.2 Å². The Morgan fingerprint density at radius 2 is 2.21 bits per heavy atom. The Morgan fingerprint density at radius 3 is 2.93 bits per heavy atom. The number of aryl methyl sites for hydroxylation is 1. The summed E-state index contributed by atoms with van der Waals surface area (Å²) < 4.78 is 12.5. The highest BCUT2D eigenvalue weighted by atomic mass is 16.6. The molecule has 4 rings (SSSR count). The van der Waals surface area contributed by atoms with Gasteiger partial charge in [-0.1, -0.05) is 0 Å². The van der Waals surface area contributed by atoms with E-state index in [1.54, 1.807) is 22.9 Å². The highest BCUT2D eigenvalue weighted by molar-refractivity contribution is 5.69. The van der Waals surface area contributed by atoms with Crippen molar-refractivity contribution in [2.75, 3.05) is 12.3 Å². The highest BCUT2D eigenvalue weighted by Crippen LogP contribution is 2.25. The molecule has 1 fully saturated rings. The molecule has 1 aliphatic heterocycles. The van der Waals surface area contributed by atoms with Gasteiger partial charge >= 0.3 is 6.09 Å². The van der Waals surface area contributed by atoms with Crippen LogP contribution < -0.4 is 5.73 Å². The average Bonchev–Trinajstić information content (AvgIpc) is 3.37. The van der Waals surface area contributed by atoms with Crippen molar-refractivity contribution in [1.82, 2.24) is 24.5 Å². The van der Waals surface area contributed by atoms with Crippen LogP contribution in [0.5, 0.6) is 0 Å². The number of likely N-dealkylation sites (tertiary alicyclic amines) is 1. The Labute approximate surface area is 168 Å². The van der Waals surface area contributed by atoms with Gasteiger partial charge in [0.1, 0.15) is 5.60 Å². The summed E-state index contributed by atoms with van der Waals surface area (Å²) in [5, 5.41) is 4.45. The van der Waals surface area contributed by atoms with Crippen LogP contribution in [0, 0.1) is 0 Å². The molecule has 2 N–H and O–H groups in total. The van der Waals surface area contributed by atoms with Crippen LogP contribution in [0.3, 0.4) is 0 Å². The summed E-state index contributed by atoms with van der Waals surface area (Å²) in [5.74, 6) is 1.37. The van der Waals surface area contributed by atoms with E-state index in [1.165, 1.54) is 0 Å². The van der Waals surface area contributed by atoms with Crippen molar-refractivity contribution >= 4 is 17.6 Å². The third-order valence-electron chi connectivity index (χ3n) is 4.88. The molecular formula is C20H26N6O3. The minimum atomic E-state index is -0.496. The van der Waals surface area contributed by atoms with Crippen LogP contribution in [0.1, 0.15) is 45.7 Å². The second-order valence-corrected chi connectivity index (χ2v) is 8.31. The maximum Gasteiger partial charge on any atom is 0.410 e. The fraction of sp³-hybridized carbons (Fsp3) is 0.500. The van der Waals surface area contributed by atoms with Gasteiger partial charge in [-0.05, 0) is 58.6 Å². The van der Waals surface area contributed by atoms with Crippen molar-refractivity contribution < 1.29 is 13.9 Å². The van der Waals surface area contributed by atoms with E-state index in [9.17, 15) is 4.79 Å². The number of nitrogens with two attached hydrogens (primary N) is 1. The van der Waals surface area contributed by atoms with Crippen LogP contribution in [-0.4, -0.2) is 48.8 Å². The third-order valence-corrected chi connectivity index (χ3v) is 4.88. The molecule has 29 heavy (non-hydrogen) atoms. The van der Waals surface area contributed by atoms with Gasteiger partial charge in [0.05, 0.1) is 18.2 Å². The molecule has 0 saturated carbocycles. The van der Waals surface area contributed by atoms with Crippen LogP contribution >= 0.6 is 0 Å². The largest absolute Gasteiger partial charge is 0.461 e. The summed E-state index contributed by atoms with van der Waals surface area (Å²) in [7, 11) is 0. The number of ether oxygens (including phenoxy) is 1. The second-order valence-electron chi connectivity index (χ2n) is 8.31. The molecule has 1 aliphatic rings. The standard InChI is InChI=1S/C20H26N6O3/c1-20(2,3)29-19(27)25-10-4-6-14(25)9-8-13-12-26-18(16(21)22-13)23-17(24-26)15-7-5-11-28-15/h5,7,11-12,14H,4,6,8-10H2,1-3H3,(H2,21,22)/t14-/m0/s1. The first kappa shape index (κ1) is 19.2. The maximum atomic E-state index is 12.5. The molecule has 0 unspecified atom stereocenters. The number of fused-ring (bicyclic) bond motifs is 1. The van der Waals surface area contributed by atoms with Crippen molar-refractivity contribution in [3.63, 3.8) is 0 Å². The van der Waals surface area contributed by atoms with Crippen molar-refractivity contribution in [1.29, 1.82) is 0 Å². The molecular weight excluding hydrogens is 372 g/mol. The summed E-state index contributed by atoms with van der Waals surface area (Å²) in [6, 6.07) is 3.72. The topological polar surface area (TPSA) is 112 Å². The molecule has 0 radical (unpaired) electrons. The lowest BCUT2D eigenvalue weighted by Crippen LogP contribution is -2.40. The normalized spacial score (nSPS) is 17.2. The van der Waals surface area contributed by atoms with Crippen molar-refractivity contribution in [2.45, 2.75) is 58.1 Å². The van der Waals surface area contributed by atoms with E-state index < -0.39 is 5.60 Å². The smallest absolute Gasteiger partial charge is 0.410 e. The zero-order valence-electron chi connectivity index (χ0n) is 17.0. The van der Waals surface area contributed by atoms with Gasteiger partial charge in [0.25, 0.3) is 0 Å². The number of nitrogen functional groups attached to an aromatic ring is 1. The van der Waals surface area contributed by atoms with E-state index in [4.69, 9.17) is 14.9 Å². The van der Waals surface area contributed by atoms with E-state index in [2.05, 4.69) is 15.1 Å². The quantitative estimate of drug-likeness (QED) is 0.717. The first-order chi connectivity index (χ1) is 13.8. The van der Waals surface area contributed by atoms with Crippen LogP contribution in [0.2, 0.25) is 0 Å². The van der Waals surface area contributed by atoms with Crippen LogP contribution in [0.4, 0.5) is 10.6 Å². The van der Waals surface area contributed by atoms with E-state index in [-0.39, 0.29) is 12.1 Å². The molecule has 0 aromatic carbocycles. The minimum absolute atomic E-state index is 0.137. The first-order valence-electron chi connectivity index (χ1n) is 9.85. The number of anilines is 1. The van der Waals surface area contributed by atoms with E-state index >= 15 is 0 Å². The Balaban J connectivity index is 1.47. The third kappa shape index (κ3) is 4.18. The number of carbonyl (C=O) groups is 1. The number of carbonyl (C=O) groups excluding carboxylic acids is 1. The monoisotopic (exact) mass is 398 g/mol. The predicted octanol–water partition coefficient (Wildman–Crippen LogP) is 3.30. The summed E-state index contributed by atoms with van der Waals surface area (Å²) in [6.45, 7) is 6.37. The molecule has 3 aromatic rings. The molecule has 0 spiro atoms. The Bertz CT molecular complexity index is 1010. The summed E-state index contributed by atoms with van der Waals surface area (Å²) in [6.07, 6.45) is 6.57. The van der Waals surface area contributed by atoms with E-state index in [0.717, 1.165) is 31.5 Å². The van der Waals surface area contributed by atoms with Gasteiger partial charge in [-0.15, -0.1) is 5.10 Å². The fourth-order valence-corrected chi connectivity index (χ4v) is 3.60. The molecule has 3 aromatic heterocycles.